The maximum Gasteiger partial charge on any atom is 0.255 e. The standard InChI is InChI=1S/C22H35N3O2/c1-18-7-5-10-20(24-18)11-14-23-17-22(27)13-6-15-25(21(22)26)16-12-19-8-3-2-4-9-19/h5,7,10,19,23,27H,2-4,6,8-9,11-17H2,1H3. The summed E-state index contributed by atoms with van der Waals surface area (Å²) in [5.74, 6) is 0.687. The zero-order chi connectivity index (χ0) is 19.1. The van der Waals surface area contributed by atoms with Crippen LogP contribution in [0.15, 0.2) is 18.2 Å². The predicted octanol–water partition coefficient (Wildman–Crippen LogP) is 2.85. The van der Waals surface area contributed by atoms with Crippen molar-refractivity contribution in [1.29, 1.82) is 0 Å². The van der Waals surface area contributed by atoms with Gasteiger partial charge in [0.15, 0.2) is 5.60 Å². The number of aromatic nitrogens is 1. The number of hydrogen-bond acceptors (Lipinski definition) is 4. The van der Waals surface area contributed by atoms with Crippen LogP contribution in [-0.4, -0.2) is 52.7 Å². The third-order valence-electron chi connectivity index (χ3n) is 6.16. The lowest BCUT2D eigenvalue weighted by Gasteiger charge is -2.39. The van der Waals surface area contributed by atoms with Gasteiger partial charge in [0.1, 0.15) is 0 Å². The van der Waals surface area contributed by atoms with Gasteiger partial charge in [-0.05, 0) is 44.2 Å². The number of piperidine rings is 1. The molecule has 5 heteroatoms. The SMILES string of the molecule is Cc1cccc(CCNCC2(O)CCCN(CCC3CCCCC3)C2=O)n1. The van der Waals surface area contributed by atoms with Gasteiger partial charge in [-0.1, -0.05) is 38.2 Å². The first kappa shape index (κ1) is 20.3. The highest BCUT2D eigenvalue weighted by molar-refractivity contribution is 5.86. The van der Waals surface area contributed by atoms with Crippen LogP contribution in [0.3, 0.4) is 0 Å². The Morgan fingerprint density at radius 1 is 1.26 bits per heavy atom. The van der Waals surface area contributed by atoms with Gasteiger partial charge in [0.25, 0.3) is 5.91 Å². The average Bonchev–Trinajstić information content (AvgIpc) is 2.68. The first-order valence-corrected chi connectivity index (χ1v) is 10.7. The van der Waals surface area contributed by atoms with Crippen molar-refractivity contribution in [1.82, 2.24) is 15.2 Å². The van der Waals surface area contributed by atoms with Crippen LogP contribution in [0.25, 0.3) is 0 Å². The summed E-state index contributed by atoms with van der Waals surface area (Å²) in [5.41, 5.74) is 0.811. The van der Waals surface area contributed by atoms with Crippen molar-refractivity contribution in [2.75, 3.05) is 26.2 Å². The molecule has 3 rings (SSSR count). The van der Waals surface area contributed by atoms with E-state index in [4.69, 9.17) is 0 Å². The summed E-state index contributed by atoms with van der Waals surface area (Å²) in [5, 5.41) is 14.2. The highest BCUT2D eigenvalue weighted by atomic mass is 16.3. The minimum absolute atomic E-state index is 0.0780. The molecule has 2 fully saturated rings. The highest BCUT2D eigenvalue weighted by Gasteiger charge is 2.41. The fourth-order valence-corrected chi connectivity index (χ4v) is 4.51. The van der Waals surface area contributed by atoms with E-state index in [9.17, 15) is 9.90 Å². The van der Waals surface area contributed by atoms with Gasteiger partial charge in [-0.3, -0.25) is 9.78 Å². The molecule has 27 heavy (non-hydrogen) atoms. The minimum atomic E-state index is -1.25. The molecule has 1 atom stereocenters. The number of hydrogen-bond donors (Lipinski definition) is 2. The number of carbonyl (C=O) groups is 1. The van der Waals surface area contributed by atoms with Gasteiger partial charge in [0.2, 0.25) is 0 Å². The zero-order valence-electron chi connectivity index (χ0n) is 16.8. The molecular weight excluding hydrogens is 338 g/mol. The van der Waals surface area contributed by atoms with Gasteiger partial charge >= 0.3 is 0 Å². The Morgan fingerprint density at radius 3 is 2.85 bits per heavy atom. The number of nitrogens with zero attached hydrogens (tertiary/aromatic N) is 2. The van der Waals surface area contributed by atoms with Crippen molar-refractivity contribution in [2.45, 2.75) is 70.3 Å². The maximum absolute atomic E-state index is 12.9. The number of aryl methyl sites for hydroxylation is 1. The molecule has 1 saturated carbocycles. The summed E-state index contributed by atoms with van der Waals surface area (Å²) in [4.78, 5) is 19.2. The molecular formula is C22H35N3O2. The average molecular weight is 374 g/mol. The molecule has 1 aliphatic heterocycles. The van der Waals surface area contributed by atoms with Gasteiger partial charge in [-0.15, -0.1) is 0 Å². The molecule has 1 amide bonds. The van der Waals surface area contributed by atoms with E-state index in [0.29, 0.717) is 19.5 Å². The van der Waals surface area contributed by atoms with Crippen LogP contribution in [0, 0.1) is 12.8 Å². The van der Waals surface area contributed by atoms with Crippen LogP contribution >= 0.6 is 0 Å². The molecule has 0 radical (unpaired) electrons. The Hall–Kier alpha value is -1.46. The molecule has 2 heterocycles. The molecule has 5 nitrogen and oxygen atoms in total. The highest BCUT2D eigenvalue weighted by Crippen LogP contribution is 2.28. The summed E-state index contributed by atoms with van der Waals surface area (Å²) < 4.78 is 0. The van der Waals surface area contributed by atoms with E-state index in [1.54, 1.807) is 0 Å². The van der Waals surface area contributed by atoms with Gasteiger partial charge < -0.3 is 15.3 Å². The minimum Gasteiger partial charge on any atom is -0.379 e. The number of nitrogens with one attached hydrogen (secondary N) is 1. The van der Waals surface area contributed by atoms with E-state index < -0.39 is 5.60 Å². The molecule has 0 spiro atoms. The molecule has 1 aromatic heterocycles. The summed E-state index contributed by atoms with van der Waals surface area (Å²) in [7, 11) is 0. The van der Waals surface area contributed by atoms with Crippen LogP contribution in [0.4, 0.5) is 0 Å². The molecule has 1 saturated heterocycles. The Morgan fingerprint density at radius 2 is 2.07 bits per heavy atom. The smallest absolute Gasteiger partial charge is 0.255 e. The summed E-state index contributed by atoms with van der Waals surface area (Å²) in [6.07, 6.45) is 9.98. The van der Waals surface area contributed by atoms with E-state index in [1.807, 2.05) is 30.0 Å². The number of pyridine rings is 1. The lowest BCUT2D eigenvalue weighted by atomic mass is 9.86. The number of aliphatic hydroxyl groups is 1. The van der Waals surface area contributed by atoms with E-state index >= 15 is 0 Å². The van der Waals surface area contributed by atoms with Crippen molar-refractivity contribution in [3.8, 4) is 0 Å². The van der Waals surface area contributed by atoms with Crippen LogP contribution in [0.1, 0.15) is 62.8 Å². The molecule has 2 N–H and O–H groups in total. The number of carbonyl (C=O) groups excluding carboxylic acids is 1. The summed E-state index contributed by atoms with van der Waals surface area (Å²) >= 11 is 0. The van der Waals surface area contributed by atoms with Crippen LogP contribution in [0.5, 0.6) is 0 Å². The third kappa shape index (κ3) is 5.76. The first-order chi connectivity index (χ1) is 13.1. The second-order valence-electron chi connectivity index (χ2n) is 8.42. The molecule has 1 unspecified atom stereocenters. The van der Waals surface area contributed by atoms with Crippen LogP contribution in [-0.2, 0) is 11.2 Å². The number of rotatable bonds is 8. The molecule has 2 aliphatic rings. The van der Waals surface area contributed by atoms with Crippen LogP contribution in [0.2, 0.25) is 0 Å². The fourth-order valence-electron chi connectivity index (χ4n) is 4.51. The lowest BCUT2D eigenvalue weighted by Crippen LogP contribution is -2.58. The van der Waals surface area contributed by atoms with Crippen molar-refractivity contribution in [3.63, 3.8) is 0 Å². The van der Waals surface area contributed by atoms with Gasteiger partial charge in [-0.25, -0.2) is 0 Å². The van der Waals surface area contributed by atoms with Crippen molar-refractivity contribution in [2.24, 2.45) is 5.92 Å². The van der Waals surface area contributed by atoms with E-state index in [1.165, 1.54) is 32.1 Å². The van der Waals surface area contributed by atoms with Gasteiger partial charge in [0, 0.05) is 44.0 Å². The van der Waals surface area contributed by atoms with Gasteiger partial charge in [0.05, 0.1) is 0 Å². The number of likely N-dealkylation sites (tertiary alicyclic amines) is 1. The second-order valence-corrected chi connectivity index (χ2v) is 8.42. The largest absolute Gasteiger partial charge is 0.379 e. The van der Waals surface area contributed by atoms with E-state index in [2.05, 4.69) is 10.3 Å². The Balaban J connectivity index is 1.43. The maximum atomic E-state index is 12.9. The number of amides is 1. The summed E-state index contributed by atoms with van der Waals surface area (Å²) in [6.45, 7) is 4.63. The Labute approximate surface area is 163 Å². The first-order valence-electron chi connectivity index (χ1n) is 10.7. The monoisotopic (exact) mass is 373 g/mol. The zero-order valence-corrected chi connectivity index (χ0v) is 16.8. The summed E-state index contributed by atoms with van der Waals surface area (Å²) in [6, 6.07) is 6.02. The molecule has 1 aromatic rings. The van der Waals surface area contributed by atoms with Gasteiger partial charge in [-0.2, -0.15) is 0 Å². The quantitative estimate of drug-likeness (QED) is 0.688. The molecule has 0 bridgehead atoms. The fraction of sp³-hybridized carbons (Fsp3) is 0.727. The topological polar surface area (TPSA) is 65.5 Å². The predicted molar refractivity (Wildman–Crippen MR) is 108 cm³/mol. The normalized spacial score (nSPS) is 24.4. The van der Waals surface area contributed by atoms with Crippen molar-refractivity contribution < 1.29 is 9.90 Å². The van der Waals surface area contributed by atoms with Crippen molar-refractivity contribution in [3.05, 3.63) is 29.6 Å². The van der Waals surface area contributed by atoms with E-state index in [-0.39, 0.29) is 5.91 Å². The molecule has 150 valence electrons. The van der Waals surface area contributed by atoms with Crippen molar-refractivity contribution >= 4 is 5.91 Å². The Kier molecular flexibility index (Phi) is 7.25. The third-order valence-corrected chi connectivity index (χ3v) is 6.16. The second kappa shape index (κ2) is 9.65. The Bertz CT molecular complexity index is 615. The lowest BCUT2D eigenvalue weighted by molar-refractivity contribution is -0.156. The van der Waals surface area contributed by atoms with Crippen LogP contribution < -0.4 is 5.32 Å². The molecule has 0 aromatic carbocycles. The molecule has 1 aliphatic carbocycles. The van der Waals surface area contributed by atoms with E-state index in [0.717, 1.165) is 49.7 Å².